The van der Waals surface area contributed by atoms with E-state index in [0.29, 0.717) is 37.7 Å². The van der Waals surface area contributed by atoms with E-state index in [1.54, 1.807) is 49.4 Å². The lowest BCUT2D eigenvalue weighted by Gasteiger charge is -2.26. The number of carbonyl (C=O) groups excluding carboxylic acids is 1. The van der Waals surface area contributed by atoms with Crippen molar-refractivity contribution in [1.82, 2.24) is 4.57 Å². The average molecular weight is 527 g/mol. The number of ether oxygens (including phenoxy) is 3. The van der Waals surface area contributed by atoms with Crippen LogP contribution in [0.4, 0.5) is 0 Å². The largest absolute Gasteiger partial charge is 0.508 e. The number of phenolic OH excluding ortho intramolecular Hbond substituents is 1. The van der Waals surface area contributed by atoms with Crippen LogP contribution in [0.1, 0.15) is 29.7 Å². The molecule has 0 saturated carbocycles. The quantitative estimate of drug-likeness (QED) is 0.401. The molecule has 3 aromatic carbocycles. The van der Waals surface area contributed by atoms with Crippen molar-refractivity contribution in [2.75, 3.05) is 13.4 Å². The first kappa shape index (κ1) is 23.7. The molecular weight excluding hydrogens is 504 g/mol. The lowest BCUT2D eigenvalue weighted by Crippen LogP contribution is -2.40. The molecule has 0 spiro atoms. The summed E-state index contributed by atoms with van der Waals surface area (Å²) in [5.74, 6) is 0.668. The van der Waals surface area contributed by atoms with Gasteiger partial charge in [-0.15, -0.1) is 0 Å². The molecule has 0 aliphatic carbocycles. The van der Waals surface area contributed by atoms with Gasteiger partial charge < -0.3 is 19.3 Å². The van der Waals surface area contributed by atoms with Crippen LogP contribution in [-0.2, 0) is 9.53 Å². The molecule has 190 valence electrons. The molecule has 0 unspecified atom stereocenters. The zero-order valence-corrected chi connectivity index (χ0v) is 21.1. The van der Waals surface area contributed by atoms with Crippen LogP contribution in [0, 0.1) is 0 Å². The molecule has 1 N–H and O–H groups in total. The summed E-state index contributed by atoms with van der Waals surface area (Å²) in [5.41, 5.74) is 2.44. The van der Waals surface area contributed by atoms with Crippen LogP contribution in [0.25, 0.3) is 11.8 Å². The van der Waals surface area contributed by atoms with Crippen LogP contribution in [0.2, 0.25) is 0 Å². The van der Waals surface area contributed by atoms with Gasteiger partial charge in [0.05, 0.1) is 28.5 Å². The van der Waals surface area contributed by atoms with Gasteiger partial charge in [0.1, 0.15) is 5.75 Å². The molecule has 8 nitrogen and oxygen atoms in total. The van der Waals surface area contributed by atoms with Crippen molar-refractivity contribution in [2.45, 2.75) is 13.0 Å². The van der Waals surface area contributed by atoms with Crippen LogP contribution in [0.5, 0.6) is 17.2 Å². The van der Waals surface area contributed by atoms with Crippen LogP contribution in [0.3, 0.4) is 0 Å². The number of fused-ring (bicyclic) bond motifs is 2. The zero-order valence-electron chi connectivity index (χ0n) is 20.3. The van der Waals surface area contributed by atoms with Crippen molar-refractivity contribution < 1.29 is 24.1 Å². The van der Waals surface area contributed by atoms with Gasteiger partial charge in [0.2, 0.25) is 6.79 Å². The van der Waals surface area contributed by atoms with Crippen molar-refractivity contribution in [2.24, 2.45) is 4.99 Å². The lowest BCUT2D eigenvalue weighted by atomic mass is 9.93. The third-order valence-electron chi connectivity index (χ3n) is 6.25. The number of carbonyl (C=O) groups is 1. The number of aromatic nitrogens is 1. The van der Waals surface area contributed by atoms with Gasteiger partial charge >= 0.3 is 5.97 Å². The van der Waals surface area contributed by atoms with Gasteiger partial charge in [-0.2, -0.15) is 0 Å². The minimum Gasteiger partial charge on any atom is -0.508 e. The van der Waals surface area contributed by atoms with Gasteiger partial charge in [-0.05, 0) is 48.4 Å². The summed E-state index contributed by atoms with van der Waals surface area (Å²) < 4.78 is 18.5. The summed E-state index contributed by atoms with van der Waals surface area (Å²) in [4.78, 5) is 32.7. The number of rotatable bonds is 5. The predicted octanol–water partition coefficient (Wildman–Crippen LogP) is 3.37. The molecule has 2 aliphatic rings. The standard InChI is InChI=1S/C29H22N2O6S/c1-2-35-28(34)24-25(18-8-4-3-5-9-18)30-29-31(26(24)19-11-12-21-22(15-19)37-16-36-21)27(33)23(38-29)14-17-7-6-10-20(32)13-17/h3-15,26,32H,2,16H2,1H3/b23-14+/t26-/m0/s1. The topological polar surface area (TPSA) is 99.4 Å². The van der Waals surface area contributed by atoms with Gasteiger partial charge in [-0.25, -0.2) is 9.79 Å². The molecular formula is C29H22N2O6S. The maximum atomic E-state index is 13.9. The molecule has 1 aromatic heterocycles. The molecule has 0 amide bonds. The van der Waals surface area contributed by atoms with E-state index < -0.39 is 12.0 Å². The Kier molecular flexibility index (Phi) is 6.05. The molecule has 2 aliphatic heterocycles. The second kappa shape index (κ2) is 9.68. The van der Waals surface area contributed by atoms with E-state index in [1.807, 2.05) is 36.4 Å². The third-order valence-corrected chi connectivity index (χ3v) is 7.24. The minimum absolute atomic E-state index is 0.0979. The minimum atomic E-state index is -0.818. The summed E-state index contributed by atoms with van der Waals surface area (Å²) in [6.45, 7) is 2.00. The fourth-order valence-electron chi connectivity index (χ4n) is 4.60. The Hall–Kier alpha value is -4.63. The Bertz CT molecular complexity index is 1770. The number of aromatic hydroxyl groups is 1. The van der Waals surface area contributed by atoms with E-state index in [1.165, 1.54) is 15.9 Å². The van der Waals surface area contributed by atoms with E-state index in [4.69, 9.17) is 19.2 Å². The highest BCUT2D eigenvalue weighted by atomic mass is 32.1. The zero-order chi connectivity index (χ0) is 26.2. The number of esters is 1. The van der Waals surface area contributed by atoms with Gasteiger partial charge in [0.25, 0.3) is 5.56 Å². The van der Waals surface area contributed by atoms with E-state index in [0.717, 1.165) is 5.56 Å². The van der Waals surface area contributed by atoms with Crippen LogP contribution in [-0.4, -0.2) is 29.0 Å². The Labute approximate surface area is 221 Å². The first-order valence-electron chi connectivity index (χ1n) is 12.0. The number of hydrogen-bond acceptors (Lipinski definition) is 8. The van der Waals surface area contributed by atoms with Crippen molar-refractivity contribution in [3.05, 3.63) is 115 Å². The monoisotopic (exact) mass is 526 g/mol. The Morgan fingerprint density at radius 1 is 1.11 bits per heavy atom. The Balaban J connectivity index is 1.65. The second-order valence-electron chi connectivity index (χ2n) is 8.64. The highest BCUT2D eigenvalue weighted by Gasteiger charge is 2.36. The fraction of sp³-hybridized carbons (Fsp3) is 0.138. The summed E-state index contributed by atoms with van der Waals surface area (Å²) in [6.07, 6.45) is 1.70. The number of thiazole rings is 1. The number of phenols is 1. The SMILES string of the molecule is CCOC(=O)C1=C(c2ccccc2)N=c2s/c(=C/c3cccc(O)c3)c(=O)n2[C@H]1c1ccc2c(c1)OCO2. The number of hydrogen-bond donors (Lipinski definition) is 1. The Morgan fingerprint density at radius 2 is 1.92 bits per heavy atom. The molecule has 6 rings (SSSR count). The van der Waals surface area contributed by atoms with Crippen molar-refractivity contribution >= 4 is 29.1 Å². The highest BCUT2D eigenvalue weighted by molar-refractivity contribution is 7.07. The third kappa shape index (κ3) is 4.16. The number of benzene rings is 3. The number of nitrogens with zero attached hydrogens (tertiary/aromatic N) is 2. The molecule has 0 saturated heterocycles. The summed E-state index contributed by atoms with van der Waals surface area (Å²) in [6, 6.07) is 20.6. The molecule has 0 radical (unpaired) electrons. The first-order chi connectivity index (χ1) is 18.5. The fourth-order valence-corrected chi connectivity index (χ4v) is 5.61. The van der Waals surface area contributed by atoms with E-state index in [-0.39, 0.29) is 30.3 Å². The van der Waals surface area contributed by atoms with Crippen LogP contribution in [0.15, 0.2) is 88.2 Å². The molecule has 1 atom stereocenters. The first-order valence-corrected chi connectivity index (χ1v) is 12.8. The maximum absolute atomic E-state index is 13.9. The molecule has 9 heteroatoms. The normalized spacial score (nSPS) is 16.2. The molecule has 4 aromatic rings. The van der Waals surface area contributed by atoms with E-state index in [2.05, 4.69) is 0 Å². The molecule has 3 heterocycles. The molecule has 0 bridgehead atoms. The van der Waals surface area contributed by atoms with Crippen LogP contribution < -0.4 is 24.4 Å². The predicted molar refractivity (Wildman–Crippen MR) is 142 cm³/mol. The van der Waals surface area contributed by atoms with Gasteiger partial charge in [-0.3, -0.25) is 9.36 Å². The summed E-state index contributed by atoms with van der Waals surface area (Å²) >= 11 is 1.22. The van der Waals surface area contributed by atoms with Gasteiger partial charge in [0.15, 0.2) is 16.3 Å². The van der Waals surface area contributed by atoms with Crippen molar-refractivity contribution in [3.63, 3.8) is 0 Å². The van der Waals surface area contributed by atoms with E-state index >= 15 is 0 Å². The van der Waals surface area contributed by atoms with E-state index in [9.17, 15) is 14.7 Å². The summed E-state index contributed by atoms with van der Waals surface area (Å²) in [7, 11) is 0. The van der Waals surface area contributed by atoms with Crippen molar-refractivity contribution in [3.8, 4) is 17.2 Å². The van der Waals surface area contributed by atoms with Crippen LogP contribution >= 0.6 is 11.3 Å². The molecule has 0 fully saturated rings. The van der Waals surface area contributed by atoms with Gasteiger partial charge in [0, 0.05) is 5.56 Å². The lowest BCUT2D eigenvalue weighted by molar-refractivity contribution is -0.138. The second-order valence-corrected chi connectivity index (χ2v) is 9.65. The average Bonchev–Trinajstić information content (AvgIpc) is 3.52. The summed E-state index contributed by atoms with van der Waals surface area (Å²) in [5, 5.41) is 9.90. The smallest absolute Gasteiger partial charge is 0.338 e. The molecule has 38 heavy (non-hydrogen) atoms. The Morgan fingerprint density at radius 3 is 2.71 bits per heavy atom. The highest BCUT2D eigenvalue weighted by Crippen LogP contribution is 2.40. The van der Waals surface area contributed by atoms with Crippen molar-refractivity contribution in [1.29, 1.82) is 0 Å². The maximum Gasteiger partial charge on any atom is 0.338 e. The van der Waals surface area contributed by atoms with Gasteiger partial charge in [-0.1, -0.05) is 59.9 Å².